The van der Waals surface area contributed by atoms with Crippen molar-refractivity contribution in [2.75, 3.05) is 13.2 Å². The number of hydrogen-bond acceptors (Lipinski definition) is 4. The summed E-state index contributed by atoms with van der Waals surface area (Å²) in [6.45, 7) is 2.98. The van der Waals surface area contributed by atoms with Crippen molar-refractivity contribution in [3.8, 4) is 0 Å². The molecule has 1 fully saturated rings. The quantitative estimate of drug-likeness (QED) is 0.709. The van der Waals surface area contributed by atoms with Crippen LogP contribution in [0.5, 0.6) is 0 Å². The van der Waals surface area contributed by atoms with Crippen LogP contribution in [-0.2, 0) is 26.0 Å². The molecule has 1 amide bonds. The SMILES string of the molecule is Cc1ccc(S(=O)(=O)NC(Cc2ccccc2)C(=O)NCC2CCCO2)cc1. The third-order valence-corrected chi connectivity index (χ3v) is 6.24. The number of sulfonamides is 1. The van der Waals surface area contributed by atoms with Gasteiger partial charge in [-0.3, -0.25) is 4.79 Å². The largest absolute Gasteiger partial charge is 0.376 e. The lowest BCUT2D eigenvalue weighted by atomic mass is 10.1. The molecule has 1 aliphatic rings. The molecule has 0 saturated carbocycles. The van der Waals surface area contributed by atoms with Crippen LogP contribution in [0, 0.1) is 6.92 Å². The normalized spacial score (nSPS) is 18.0. The Hall–Kier alpha value is -2.22. The molecule has 1 saturated heterocycles. The van der Waals surface area contributed by atoms with Crippen molar-refractivity contribution in [1.29, 1.82) is 0 Å². The standard InChI is InChI=1S/C21H26N2O4S/c1-16-9-11-19(12-10-16)28(25,26)23-20(14-17-6-3-2-4-7-17)21(24)22-15-18-8-5-13-27-18/h2-4,6-7,9-12,18,20,23H,5,8,13-15H2,1H3,(H,22,24). The third kappa shape index (κ3) is 5.64. The number of benzene rings is 2. The zero-order valence-electron chi connectivity index (χ0n) is 15.9. The smallest absolute Gasteiger partial charge is 0.241 e. The van der Waals surface area contributed by atoms with E-state index in [1.807, 2.05) is 37.3 Å². The van der Waals surface area contributed by atoms with E-state index in [-0.39, 0.29) is 23.3 Å². The van der Waals surface area contributed by atoms with Crippen LogP contribution < -0.4 is 10.0 Å². The van der Waals surface area contributed by atoms with Gasteiger partial charge in [0.25, 0.3) is 0 Å². The molecule has 1 aliphatic heterocycles. The Morgan fingerprint density at radius 3 is 2.50 bits per heavy atom. The first kappa shape index (κ1) is 20.5. The molecule has 2 unspecified atom stereocenters. The topological polar surface area (TPSA) is 84.5 Å². The predicted molar refractivity (Wildman–Crippen MR) is 107 cm³/mol. The number of ether oxygens (including phenoxy) is 1. The molecule has 1 heterocycles. The number of amides is 1. The van der Waals surface area contributed by atoms with Crippen molar-refractivity contribution in [1.82, 2.24) is 10.0 Å². The maximum Gasteiger partial charge on any atom is 0.241 e. The van der Waals surface area contributed by atoms with Crippen molar-refractivity contribution in [2.24, 2.45) is 0 Å². The molecule has 7 heteroatoms. The molecule has 0 bridgehead atoms. The monoisotopic (exact) mass is 402 g/mol. The van der Waals surface area contributed by atoms with Gasteiger partial charge in [-0.05, 0) is 43.9 Å². The zero-order chi connectivity index (χ0) is 20.0. The van der Waals surface area contributed by atoms with E-state index in [1.165, 1.54) is 0 Å². The molecule has 0 aliphatic carbocycles. The van der Waals surface area contributed by atoms with Crippen molar-refractivity contribution in [3.63, 3.8) is 0 Å². The van der Waals surface area contributed by atoms with Crippen LogP contribution in [-0.4, -0.2) is 39.6 Å². The van der Waals surface area contributed by atoms with Gasteiger partial charge in [-0.2, -0.15) is 4.72 Å². The highest BCUT2D eigenvalue weighted by Crippen LogP contribution is 2.14. The maximum atomic E-state index is 12.8. The fourth-order valence-corrected chi connectivity index (χ4v) is 4.35. The lowest BCUT2D eigenvalue weighted by Gasteiger charge is -2.20. The van der Waals surface area contributed by atoms with Crippen molar-refractivity contribution >= 4 is 15.9 Å². The van der Waals surface area contributed by atoms with Crippen LogP contribution in [0.1, 0.15) is 24.0 Å². The lowest BCUT2D eigenvalue weighted by molar-refractivity contribution is -0.123. The zero-order valence-corrected chi connectivity index (χ0v) is 16.7. The number of hydrogen-bond donors (Lipinski definition) is 2. The Balaban J connectivity index is 1.74. The second-order valence-electron chi connectivity index (χ2n) is 7.06. The minimum Gasteiger partial charge on any atom is -0.376 e. The predicted octanol–water partition coefficient (Wildman–Crippen LogP) is 2.18. The highest BCUT2D eigenvalue weighted by molar-refractivity contribution is 7.89. The number of aryl methyl sites for hydroxylation is 1. The molecular formula is C21H26N2O4S. The summed E-state index contributed by atoms with van der Waals surface area (Å²) in [7, 11) is -3.82. The van der Waals surface area contributed by atoms with Crippen LogP contribution in [0.15, 0.2) is 59.5 Å². The summed E-state index contributed by atoms with van der Waals surface area (Å²) in [6, 6.07) is 15.0. The van der Waals surface area contributed by atoms with E-state index < -0.39 is 16.1 Å². The first-order valence-corrected chi connectivity index (χ1v) is 10.9. The van der Waals surface area contributed by atoms with Crippen LogP contribution in [0.2, 0.25) is 0 Å². The summed E-state index contributed by atoms with van der Waals surface area (Å²) in [5.41, 5.74) is 1.85. The van der Waals surface area contributed by atoms with E-state index in [4.69, 9.17) is 4.74 Å². The van der Waals surface area contributed by atoms with Gasteiger partial charge in [-0.25, -0.2) is 8.42 Å². The fraction of sp³-hybridized carbons (Fsp3) is 0.381. The minimum atomic E-state index is -3.82. The molecular weight excluding hydrogens is 376 g/mol. The summed E-state index contributed by atoms with van der Waals surface area (Å²) in [5, 5.41) is 2.84. The summed E-state index contributed by atoms with van der Waals surface area (Å²) in [6.07, 6.45) is 2.14. The van der Waals surface area contributed by atoms with Crippen LogP contribution in [0.25, 0.3) is 0 Å². The highest BCUT2D eigenvalue weighted by atomic mass is 32.2. The van der Waals surface area contributed by atoms with Gasteiger partial charge in [0.05, 0.1) is 11.0 Å². The molecule has 0 radical (unpaired) electrons. The molecule has 2 N–H and O–H groups in total. The Bertz CT molecular complexity index is 876. The van der Waals surface area contributed by atoms with Gasteiger partial charge < -0.3 is 10.1 Å². The minimum absolute atomic E-state index is 0.00460. The molecule has 2 aromatic carbocycles. The van der Waals surface area contributed by atoms with Gasteiger partial charge >= 0.3 is 0 Å². The average molecular weight is 403 g/mol. The van der Waals surface area contributed by atoms with E-state index in [2.05, 4.69) is 10.0 Å². The van der Waals surface area contributed by atoms with E-state index in [1.54, 1.807) is 24.3 Å². The Labute approximate surface area is 166 Å². The van der Waals surface area contributed by atoms with Crippen LogP contribution in [0.4, 0.5) is 0 Å². The maximum absolute atomic E-state index is 12.8. The Morgan fingerprint density at radius 2 is 1.86 bits per heavy atom. The highest BCUT2D eigenvalue weighted by Gasteiger charge is 2.27. The Kier molecular flexibility index (Phi) is 6.83. The molecule has 2 atom stereocenters. The van der Waals surface area contributed by atoms with Crippen LogP contribution in [0.3, 0.4) is 0 Å². The van der Waals surface area contributed by atoms with Gasteiger partial charge in [0.1, 0.15) is 6.04 Å². The van der Waals surface area contributed by atoms with E-state index >= 15 is 0 Å². The Morgan fingerprint density at radius 1 is 1.14 bits per heavy atom. The van der Waals surface area contributed by atoms with Gasteiger partial charge in [-0.15, -0.1) is 0 Å². The number of carbonyl (C=O) groups is 1. The van der Waals surface area contributed by atoms with E-state index in [9.17, 15) is 13.2 Å². The van der Waals surface area contributed by atoms with Gasteiger partial charge in [0.15, 0.2) is 0 Å². The average Bonchev–Trinajstić information content (AvgIpc) is 3.20. The lowest BCUT2D eigenvalue weighted by Crippen LogP contribution is -2.49. The van der Waals surface area contributed by atoms with Gasteiger partial charge in [0.2, 0.25) is 15.9 Å². The number of nitrogens with one attached hydrogen (secondary N) is 2. The molecule has 0 spiro atoms. The first-order valence-electron chi connectivity index (χ1n) is 9.46. The van der Waals surface area contributed by atoms with E-state index in [0.29, 0.717) is 13.2 Å². The van der Waals surface area contributed by atoms with Gasteiger partial charge in [-0.1, -0.05) is 48.0 Å². The summed E-state index contributed by atoms with van der Waals surface area (Å²) in [4.78, 5) is 12.9. The number of carbonyl (C=O) groups excluding carboxylic acids is 1. The molecule has 0 aromatic heterocycles. The van der Waals surface area contributed by atoms with Crippen LogP contribution >= 0.6 is 0 Å². The molecule has 2 aromatic rings. The van der Waals surface area contributed by atoms with Crippen molar-refractivity contribution in [3.05, 3.63) is 65.7 Å². The second kappa shape index (κ2) is 9.32. The molecule has 28 heavy (non-hydrogen) atoms. The molecule has 6 nitrogen and oxygen atoms in total. The van der Waals surface area contributed by atoms with Gasteiger partial charge in [0, 0.05) is 13.2 Å². The van der Waals surface area contributed by atoms with Crippen molar-refractivity contribution < 1.29 is 17.9 Å². The molecule has 3 rings (SSSR count). The fourth-order valence-electron chi connectivity index (χ4n) is 3.15. The third-order valence-electron chi connectivity index (χ3n) is 4.76. The number of rotatable bonds is 8. The van der Waals surface area contributed by atoms with Crippen molar-refractivity contribution in [2.45, 2.75) is 43.2 Å². The summed E-state index contributed by atoms with van der Waals surface area (Å²) < 4.78 is 33.7. The second-order valence-corrected chi connectivity index (χ2v) is 8.77. The first-order chi connectivity index (χ1) is 13.4. The summed E-state index contributed by atoms with van der Waals surface area (Å²) >= 11 is 0. The van der Waals surface area contributed by atoms with E-state index in [0.717, 1.165) is 24.0 Å². The summed E-state index contributed by atoms with van der Waals surface area (Å²) in [5.74, 6) is -0.352. The molecule has 150 valence electrons.